The van der Waals surface area contributed by atoms with Gasteiger partial charge in [0.05, 0.1) is 11.1 Å². The molecule has 4 rings (SSSR count). The Kier molecular flexibility index (Phi) is 6.23. The minimum Gasteiger partial charge on any atom is -0.444 e. The van der Waals surface area contributed by atoms with E-state index in [1.165, 1.54) is 18.5 Å². The van der Waals surface area contributed by atoms with Crippen LogP contribution in [0.1, 0.15) is 34.6 Å². The zero-order chi connectivity index (χ0) is 24.1. The maximum absolute atomic E-state index is 13.9. The number of rotatable bonds is 2. The summed E-state index contributed by atoms with van der Waals surface area (Å²) >= 11 is 2.19. The van der Waals surface area contributed by atoms with E-state index >= 15 is 0 Å². The van der Waals surface area contributed by atoms with Crippen LogP contribution in [0.15, 0.2) is 30.7 Å². The van der Waals surface area contributed by atoms with Crippen LogP contribution < -0.4 is 4.90 Å². The van der Waals surface area contributed by atoms with Crippen molar-refractivity contribution in [1.82, 2.24) is 19.4 Å². The highest BCUT2D eigenvalue weighted by Crippen LogP contribution is 2.34. The van der Waals surface area contributed by atoms with Crippen LogP contribution in [0, 0.1) is 15.2 Å². The second kappa shape index (κ2) is 8.69. The Morgan fingerprint density at radius 2 is 1.76 bits per heavy atom. The van der Waals surface area contributed by atoms with E-state index in [1.54, 1.807) is 15.7 Å². The molecule has 1 aliphatic heterocycles. The number of anilines is 1. The number of aromatic nitrogens is 3. The number of nitrogens with zero attached hydrogens (tertiary/aromatic N) is 5. The highest BCUT2D eigenvalue weighted by Gasteiger charge is 2.36. The molecular weight excluding hydrogens is 543 g/mol. The molecule has 0 radical (unpaired) electrons. The minimum absolute atomic E-state index is 0.0300. The summed E-state index contributed by atoms with van der Waals surface area (Å²) in [7, 11) is 0. The Morgan fingerprint density at radius 3 is 2.39 bits per heavy atom. The summed E-state index contributed by atoms with van der Waals surface area (Å²) in [5.74, 6) is -0.586. The fourth-order valence-electron chi connectivity index (χ4n) is 4.09. The first-order chi connectivity index (χ1) is 15.4. The summed E-state index contributed by atoms with van der Waals surface area (Å²) in [6.07, 6.45) is 2.92. The van der Waals surface area contributed by atoms with Crippen molar-refractivity contribution in [3.8, 4) is 5.69 Å². The van der Waals surface area contributed by atoms with Crippen LogP contribution in [0.3, 0.4) is 0 Å². The van der Waals surface area contributed by atoms with Gasteiger partial charge in [-0.25, -0.2) is 23.5 Å². The van der Waals surface area contributed by atoms with Crippen LogP contribution in [0.25, 0.3) is 16.7 Å². The molecule has 0 unspecified atom stereocenters. The molecule has 176 valence electrons. The number of hydrogen-bond acceptors (Lipinski definition) is 5. The predicted octanol–water partition coefficient (Wildman–Crippen LogP) is 5.14. The molecule has 0 bridgehead atoms. The molecule has 3 heterocycles. The quantitative estimate of drug-likeness (QED) is 0.401. The molecule has 0 saturated carbocycles. The van der Waals surface area contributed by atoms with Gasteiger partial charge in [-0.1, -0.05) is 0 Å². The van der Waals surface area contributed by atoms with Gasteiger partial charge >= 0.3 is 6.09 Å². The first-order valence-corrected chi connectivity index (χ1v) is 11.8. The van der Waals surface area contributed by atoms with Crippen molar-refractivity contribution < 1.29 is 18.3 Å². The summed E-state index contributed by atoms with van der Waals surface area (Å²) in [4.78, 5) is 25.6. The van der Waals surface area contributed by atoms with Gasteiger partial charge in [-0.05, 0) is 69.3 Å². The summed E-state index contributed by atoms with van der Waals surface area (Å²) < 4.78 is 35.8. The average Bonchev–Trinajstić information content (AvgIpc) is 3.04. The van der Waals surface area contributed by atoms with Crippen molar-refractivity contribution in [3.63, 3.8) is 0 Å². The van der Waals surface area contributed by atoms with Crippen LogP contribution in [0.4, 0.5) is 19.4 Å². The summed E-state index contributed by atoms with van der Waals surface area (Å²) in [5.41, 5.74) is 0.343. The van der Waals surface area contributed by atoms with Crippen molar-refractivity contribution >= 4 is 45.5 Å². The largest absolute Gasteiger partial charge is 0.444 e. The number of carbonyl (C=O) groups excluding carboxylic acids is 1. The van der Waals surface area contributed by atoms with E-state index in [-0.39, 0.29) is 18.2 Å². The van der Waals surface area contributed by atoms with Gasteiger partial charge in [0.2, 0.25) is 0 Å². The molecule has 2 aromatic heterocycles. The van der Waals surface area contributed by atoms with Crippen molar-refractivity contribution in [2.75, 3.05) is 18.0 Å². The first-order valence-electron chi connectivity index (χ1n) is 10.7. The molecule has 1 amide bonds. The van der Waals surface area contributed by atoms with E-state index in [9.17, 15) is 13.6 Å². The number of hydrogen-bond donors (Lipinski definition) is 0. The lowest BCUT2D eigenvalue weighted by Gasteiger charge is -2.44. The highest BCUT2D eigenvalue weighted by atomic mass is 127. The number of carbonyl (C=O) groups is 1. The normalized spacial score (nSPS) is 19.3. The van der Waals surface area contributed by atoms with E-state index in [4.69, 9.17) is 4.74 Å². The summed E-state index contributed by atoms with van der Waals surface area (Å²) in [6.45, 7) is 10.6. The van der Waals surface area contributed by atoms with E-state index in [2.05, 4.69) is 37.5 Å². The van der Waals surface area contributed by atoms with E-state index in [0.29, 0.717) is 24.4 Å². The Balaban J connectivity index is 1.70. The van der Waals surface area contributed by atoms with E-state index in [1.807, 2.05) is 34.6 Å². The van der Waals surface area contributed by atoms with Gasteiger partial charge in [-0.2, -0.15) is 0 Å². The first kappa shape index (κ1) is 23.7. The number of ether oxygens (including phenoxy) is 1. The topological polar surface area (TPSA) is 63.5 Å². The molecule has 1 aromatic carbocycles. The standard InChI is InChI=1S/C23H26F2IN5O2/c1-13-10-30(22(32)33-23(3,4)5)14(2)9-29(13)20-19-18(26)11-31(21(19)28-12-27-20)17-7-15(24)6-16(25)8-17/h6-8,11-14H,9-10H2,1-5H3/t13-,14+/m0/s1. The predicted molar refractivity (Wildman–Crippen MR) is 131 cm³/mol. The SMILES string of the molecule is C[C@@H]1CN(c2ncnc3c2c(I)cn3-c2cc(F)cc(F)c2)[C@@H](C)CN1C(=O)OC(C)(C)C. The fourth-order valence-corrected chi connectivity index (χ4v) is 4.85. The van der Waals surface area contributed by atoms with E-state index < -0.39 is 17.2 Å². The minimum atomic E-state index is -0.656. The van der Waals surface area contributed by atoms with Gasteiger partial charge in [0.15, 0.2) is 5.65 Å². The third-order valence-electron chi connectivity index (χ3n) is 5.53. The molecular formula is C23H26F2IN5O2. The van der Waals surface area contributed by atoms with Gasteiger partial charge in [0.25, 0.3) is 0 Å². The summed E-state index contributed by atoms with van der Waals surface area (Å²) in [6, 6.07) is 3.25. The second-order valence-electron chi connectivity index (χ2n) is 9.35. The maximum atomic E-state index is 13.9. The number of fused-ring (bicyclic) bond motifs is 1. The number of halogens is 3. The number of amides is 1. The van der Waals surface area contributed by atoms with Crippen molar-refractivity contribution in [2.24, 2.45) is 0 Å². The molecule has 7 nitrogen and oxygen atoms in total. The third-order valence-corrected chi connectivity index (χ3v) is 6.35. The molecule has 0 spiro atoms. The van der Waals surface area contributed by atoms with Crippen molar-refractivity contribution in [2.45, 2.75) is 52.3 Å². The molecule has 10 heteroatoms. The Labute approximate surface area is 204 Å². The van der Waals surface area contributed by atoms with Gasteiger partial charge in [0.1, 0.15) is 29.4 Å². The zero-order valence-corrected chi connectivity index (χ0v) is 21.3. The van der Waals surface area contributed by atoms with Gasteiger partial charge in [-0.15, -0.1) is 0 Å². The smallest absolute Gasteiger partial charge is 0.410 e. The summed E-state index contributed by atoms with van der Waals surface area (Å²) in [5, 5.41) is 0.799. The number of piperazine rings is 1. The van der Waals surface area contributed by atoms with Crippen LogP contribution in [0.2, 0.25) is 0 Å². The van der Waals surface area contributed by atoms with Gasteiger partial charge < -0.3 is 14.5 Å². The zero-order valence-electron chi connectivity index (χ0n) is 19.1. The lowest BCUT2D eigenvalue weighted by Crippen LogP contribution is -2.59. The monoisotopic (exact) mass is 569 g/mol. The fraction of sp³-hybridized carbons (Fsp3) is 0.435. The van der Waals surface area contributed by atoms with Crippen molar-refractivity contribution in [3.05, 3.63) is 45.9 Å². The molecule has 33 heavy (non-hydrogen) atoms. The molecule has 1 aliphatic rings. The molecule has 1 saturated heterocycles. The Morgan fingerprint density at radius 1 is 1.09 bits per heavy atom. The van der Waals surface area contributed by atoms with Crippen LogP contribution in [-0.2, 0) is 4.74 Å². The molecule has 2 atom stereocenters. The van der Waals surface area contributed by atoms with Crippen LogP contribution >= 0.6 is 22.6 Å². The molecule has 3 aromatic rings. The van der Waals surface area contributed by atoms with Crippen molar-refractivity contribution in [1.29, 1.82) is 0 Å². The Hall–Kier alpha value is -2.50. The lowest BCUT2D eigenvalue weighted by molar-refractivity contribution is 0.0130. The molecule has 0 N–H and O–H groups in total. The van der Waals surface area contributed by atoms with E-state index in [0.717, 1.165) is 20.8 Å². The average molecular weight is 569 g/mol. The highest BCUT2D eigenvalue weighted by molar-refractivity contribution is 14.1. The number of benzene rings is 1. The Bertz CT molecular complexity index is 1190. The second-order valence-corrected chi connectivity index (χ2v) is 10.5. The van der Waals surface area contributed by atoms with Crippen LogP contribution in [0.5, 0.6) is 0 Å². The van der Waals surface area contributed by atoms with Gasteiger partial charge in [0, 0.05) is 41.0 Å². The maximum Gasteiger partial charge on any atom is 0.410 e. The van der Waals surface area contributed by atoms with Gasteiger partial charge in [-0.3, -0.25) is 4.57 Å². The lowest BCUT2D eigenvalue weighted by atomic mass is 10.1. The van der Waals surface area contributed by atoms with Crippen LogP contribution in [-0.4, -0.2) is 56.3 Å². The molecule has 0 aliphatic carbocycles. The molecule has 1 fully saturated rings. The third kappa shape index (κ3) is 4.75.